The lowest BCUT2D eigenvalue weighted by atomic mass is 9.77. The molecule has 0 saturated carbocycles. The Hall–Kier alpha value is -2.91. The van der Waals surface area contributed by atoms with E-state index in [1.54, 1.807) is 12.4 Å². The first kappa shape index (κ1) is 30.3. The number of carboxylic acid groups (broad SMARTS) is 2. The summed E-state index contributed by atoms with van der Waals surface area (Å²) in [5.74, 6) is -4.66. The summed E-state index contributed by atoms with van der Waals surface area (Å²) in [6.45, 7) is 4.77. The fraction of sp³-hybridized carbons (Fsp3) is 0.500. The zero-order valence-electron chi connectivity index (χ0n) is 19.2. The topological polar surface area (TPSA) is 109 Å². The highest BCUT2D eigenvalue weighted by Gasteiger charge is 2.48. The van der Waals surface area contributed by atoms with E-state index in [1.165, 1.54) is 4.88 Å². The molecule has 2 atom stereocenters. The molecule has 2 saturated heterocycles. The van der Waals surface area contributed by atoms with Gasteiger partial charge in [-0.2, -0.15) is 26.3 Å². The number of thiophene rings is 1. The Kier molecular flexibility index (Phi) is 10.7. The van der Waals surface area contributed by atoms with Crippen molar-refractivity contribution in [2.24, 2.45) is 5.41 Å². The molecule has 2 aliphatic heterocycles. The minimum atomic E-state index is -5.08. The number of aliphatic carboxylic acids is 2. The van der Waals surface area contributed by atoms with Crippen molar-refractivity contribution in [2.75, 3.05) is 26.3 Å². The molecule has 206 valence electrons. The standard InChI is InChI=1S/C18H22N2O2S.2C2HF3O2/c1-3-15(11-19-7-1)22-14-18-6-9-21-17(18)5-8-20(13-18)12-16-4-2-10-23-16;2*3-2(4,5)1(6)7/h1-4,7,10-11,17H,5-6,8-9,12-14H2;2*(H,6,7)/t17-,18+;;/m1../s1. The van der Waals surface area contributed by atoms with Gasteiger partial charge >= 0.3 is 24.3 Å². The van der Waals surface area contributed by atoms with E-state index >= 15 is 0 Å². The second kappa shape index (κ2) is 13.1. The molecule has 2 aromatic heterocycles. The van der Waals surface area contributed by atoms with Gasteiger partial charge in [0.1, 0.15) is 5.75 Å². The normalized spacial score (nSPS) is 21.5. The van der Waals surface area contributed by atoms with Crippen LogP contribution in [0.15, 0.2) is 42.0 Å². The molecule has 0 spiro atoms. The van der Waals surface area contributed by atoms with Gasteiger partial charge in [0.25, 0.3) is 0 Å². The van der Waals surface area contributed by atoms with Gasteiger partial charge < -0.3 is 19.7 Å². The number of halogens is 6. The number of nitrogens with zero attached hydrogens (tertiary/aromatic N) is 2. The van der Waals surface area contributed by atoms with Crippen LogP contribution in [0, 0.1) is 5.41 Å². The van der Waals surface area contributed by atoms with Crippen LogP contribution >= 0.6 is 11.3 Å². The summed E-state index contributed by atoms with van der Waals surface area (Å²) in [5.41, 5.74) is 0.116. The second-order valence-corrected chi connectivity index (χ2v) is 9.17. The maximum atomic E-state index is 10.6. The molecule has 4 rings (SSSR count). The zero-order valence-corrected chi connectivity index (χ0v) is 20.0. The lowest BCUT2D eigenvalue weighted by molar-refractivity contribution is -0.193. The maximum absolute atomic E-state index is 10.6. The Labute approximate surface area is 211 Å². The number of aromatic nitrogens is 1. The summed E-state index contributed by atoms with van der Waals surface area (Å²) in [4.78, 5) is 25.9. The van der Waals surface area contributed by atoms with E-state index in [4.69, 9.17) is 29.3 Å². The first-order valence-corrected chi connectivity index (χ1v) is 11.6. The first-order valence-electron chi connectivity index (χ1n) is 10.7. The van der Waals surface area contributed by atoms with Crippen LogP contribution in [0.5, 0.6) is 5.75 Å². The summed E-state index contributed by atoms with van der Waals surface area (Å²) in [6.07, 6.45) is -4.09. The molecule has 37 heavy (non-hydrogen) atoms. The third kappa shape index (κ3) is 9.81. The number of piperidine rings is 1. The predicted molar refractivity (Wildman–Crippen MR) is 118 cm³/mol. The highest BCUT2D eigenvalue weighted by atomic mass is 32.1. The number of likely N-dealkylation sites (tertiary alicyclic amines) is 1. The number of hydrogen-bond acceptors (Lipinski definition) is 7. The van der Waals surface area contributed by atoms with Crippen LogP contribution in [0.4, 0.5) is 26.3 Å². The number of ether oxygens (including phenoxy) is 2. The van der Waals surface area contributed by atoms with Gasteiger partial charge in [0, 0.05) is 42.7 Å². The van der Waals surface area contributed by atoms with Crippen molar-refractivity contribution < 1.29 is 55.6 Å². The van der Waals surface area contributed by atoms with Crippen LogP contribution < -0.4 is 4.74 Å². The number of carboxylic acids is 2. The molecular formula is C22H24F6N2O6S. The predicted octanol–water partition coefficient (Wildman–Crippen LogP) is 4.47. The maximum Gasteiger partial charge on any atom is 0.490 e. The fourth-order valence-electron chi connectivity index (χ4n) is 3.77. The van der Waals surface area contributed by atoms with Gasteiger partial charge in [-0.05, 0) is 36.4 Å². The van der Waals surface area contributed by atoms with Crippen molar-refractivity contribution in [3.05, 3.63) is 46.9 Å². The molecule has 0 unspecified atom stereocenters. The third-order valence-corrected chi connectivity index (χ3v) is 6.31. The minimum Gasteiger partial charge on any atom is -0.491 e. The lowest BCUT2D eigenvalue weighted by Crippen LogP contribution is -2.52. The molecule has 0 bridgehead atoms. The van der Waals surface area contributed by atoms with E-state index in [-0.39, 0.29) is 5.41 Å². The Bertz CT molecular complexity index is 966. The Morgan fingerprint density at radius 2 is 1.78 bits per heavy atom. The Balaban J connectivity index is 0.000000286. The molecule has 0 aromatic carbocycles. The zero-order chi connectivity index (χ0) is 27.7. The van der Waals surface area contributed by atoms with E-state index in [2.05, 4.69) is 27.4 Å². The van der Waals surface area contributed by atoms with E-state index < -0.39 is 24.3 Å². The van der Waals surface area contributed by atoms with E-state index in [0.29, 0.717) is 12.7 Å². The summed E-state index contributed by atoms with van der Waals surface area (Å²) < 4.78 is 75.6. The lowest BCUT2D eigenvalue weighted by Gasteiger charge is -2.43. The van der Waals surface area contributed by atoms with Crippen LogP contribution in [0.2, 0.25) is 0 Å². The van der Waals surface area contributed by atoms with Gasteiger partial charge in [0.15, 0.2) is 0 Å². The van der Waals surface area contributed by atoms with Gasteiger partial charge in [-0.25, -0.2) is 9.59 Å². The van der Waals surface area contributed by atoms with Crippen LogP contribution in [-0.4, -0.2) is 76.8 Å². The van der Waals surface area contributed by atoms with Crippen molar-refractivity contribution >= 4 is 23.3 Å². The van der Waals surface area contributed by atoms with Crippen LogP contribution in [0.1, 0.15) is 17.7 Å². The van der Waals surface area contributed by atoms with Crippen molar-refractivity contribution in [3.8, 4) is 5.75 Å². The van der Waals surface area contributed by atoms with Crippen molar-refractivity contribution in [1.29, 1.82) is 0 Å². The van der Waals surface area contributed by atoms with Crippen molar-refractivity contribution in [2.45, 2.75) is 37.8 Å². The monoisotopic (exact) mass is 558 g/mol. The van der Waals surface area contributed by atoms with Gasteiger partial charge in [-0.15, -0.1) is 11.3 Å². The quantitative estimate of drug-likeness (QED) is 0.518. The molecule has 4 heterocycles. The van der Waals surface area contributed by atoms with Gasteiger partial charge in [0.05, 0.1) is 18.9 Å². The second-order valence-electron chi connectivity index (χ2n) is 8.13. The van der Waals surface area contributed by atoms with Gasteiger partial charge in [-0.3, -0.25) is 9.88 Å². The number of rotatable bonds is 5. The number of carbonyl (C=O) groups is 2. The van der Waals surface area contributed by atoms with Crippen molar-refractivity contribution in [3.63, 3.8) is 0 Å². The molecule has 2 aliphatic rings. The molecule has 0 radical (unpaired) electrons. The molecule has 0 aliphatic carbocycles. The summed E-state index contributed by atoms with van der Waals surface area (Å²) in [6, 6.07) is 8.24. The Morgan fingerprint density at radius 3 is 2.30 bits per heavy atom. The number of pyridine rings is 1. The van der Waals surface area contributed by atoms with Gasteiger partial charge in [0.2, 0.25) is 0 Å². The van der Waals surface area contributed by atoms with E-state index in [0.717, 1.165) is 44.8 Å². The summed E-state index contributed by atoms with van der Waals surface area (Å²) in [7, 11) is 0. The average molecular weight is 558 g/mol. The molecule has 2 fully saturated rings. The molecule has 0 amide bonds. The van der Waals surface area contributed by atoms with Gasteiger partial charge in [-0.1, -0.05) is 6.07 Å². The van der Waals surface area contributed by atoms with E-state index in [9.17, 15) is 26.3 Å². The average Bonchev–Trinajstić information content (AvgIpc) is 3.48. The van der Waals surface area contributed by atoms with Crippen LogP contribution in [0.3, 0.4) is 0 Å². The van der Waals surface area contributed by atoms with Crippen LogP contribution in [0.25, 0.3) is 0 Å². The SMILES string of the molecule is O=C(O)C(F)(F)F.O=C(O)C(F)(F)F.c1cncc(OC[C@@]23CCO[C@@H]2CCN(Cc2cccs2)C3)c1. The highest BCUT2D eigenvalue weighted by Crippen LogP contribution is 2.41. The number of fused-ring (bicyclic) bond motifs is 1. The fourth-order valence-corrected chi connectivity index (χ4v) is 4.51. The minimum absolute atomic E-state index is 0.116. The highest BCUT2D eigenvalue weighted by molar-refractivity contribution is 7.09. The summed E-state index contributed by atoms with van der Waals surface area (Å²) >= 11 is 1.84. The van der Waals surface area contributed by atoms with E-state index in [1.807, 2.05) is 23.5 Å². The largest absolute Gasteiger partial charge is 0.491 e. The molecule has 2 aromatic rings. The smallest absolute Gasteiger partial charge is 0.490 e. The molecule has 8 nitrogen and oxygen atoms in total. The third-order valence-electron chi connectivity index (χ3n) is 5.45. The molecule has 15 heteroatoms. The first-order chi connectivity index (χ1) is 17.2. The molecule has 2 N–H and O–H groups in total. The Morgan fingerprint density at radius 1 is 1.14 bits per heavy atom. The number of hydrogen-bond donors (Lipinski definition) is 2. The summed E-state index contributed by atoms with van der Waals surface area (Å²) in [5, 5.41) is 16.4. The van der Waals surface area contributed by atoms with Crippen molar-refractivity contribution in [1.82, 2.24) is 9.88 Å². The molecular weight excluding hydrogens is 534 g/mol. The number of alkyl halides is 6. The van der Waals surface area contributed by atoms with Crippen LogP contribution in [-0.2, 0) is 20.9 Å².